The minimum atomic E-state index is -3.71. The summed E-state index contributed by atoms with van der Waals surface area (Å²) in [5.74, 6) is 1.20. The molecule has 0 N–H and O–H groups in total. The summed E-state index contributed by atoms with van der Waals surface area (Å²) in [6.07, 6.45) is 1.51. The second-order valence-corrected chi connectivity index (χ2v) is 10.0. The largest absolute Gasteiger partial charge is 0.468 e. The monoisotopic (exact) mass is 449 g/mol. The van der Waals surface area contributed by atoms with Crippen LogP contribution in [0.5, 0.6) is 0 Å². The Morgan fingerprint density at radius 1 is 1.21 bits per heavy atom. The van der Waals surface area contributed by atoms with E-state index in [1.54, 1.807) is 43.3 Å². The second kappa shape index (κ2) is 7.75. The van der Waals surface area contributed by atoms with Crippen molar-refractivity contribution in [3.8, 4) is 22.2 Å². The molecule has 150 valence electrons. The van der Waals surface area contributed by atoms with E-state index in [1.165, 1.54) is 29.0 Å². The molecule has 7 nitrogen and oxygen atoms in total. The van der Waals surface area contributed by atoms with E-state index in [4.69, 9.17) is 20.5 Å². The highest BCUT2D eigenvalue weighted by Crippen LogP contribution is 2.35. The summed E-state index contributed by atoms with van der Waals surface area (Å²) in [5.41, 5.74) is 0.715. The molecule has 0 aliphatic heterocycles. The van der Waals surface area contributed by atoms with Crippen LogP contribution in [0, 0.1) is 6.92 Å². The number of aromatic nitrogens is 2. The molecule has 0 radical (unpaired) electrons. The zero-order valence-electron chi connectivity index (χ0n) is 15.5. The SMILES string of the molecule is Cc1sc(-c2nc(-c3cccc(Cl)c3)no2)cc1S(=O)(=O)N(C)Cc1ccco1. The van der Waals surface area contributed by atoms with Gasteiger partial charge in [0, 0.05) is 22.5 Å². The molecule has 0 spiro atoms. The normalized spacial score (nSPS) is 12.0. The van der Waals surface area contributed by atoms with Crippen LogP contribution in [0.15, 0.2) is 62.6 Å². The van der Waals surface area contributed by atoms with Crippen LogP contribution in [-0.4, -0.2) is 29.9 Å². The van der Waals surface area contributed by atoms with Gasteiger partial charge in [0.2, 0.25) is 15.8 Å². The Hall–Kier alpha value is -2.46. The second-order valence-electron chi connectivity index (χ2n) is 6.31. The van der Waals surface area contributed by atoms with Crippen LogP contribution < -0.4 is 0 Å². The minimum Gasteiger partial charge on any atom is -0.468 e. The first-order valence-electron chi connectivity index (χ1n) is 8.54. The van der Waals surface area contributed by atoms with Gasteiger partial charge in [0.15, 0.2) is 0 Å². The number of halogens is 1. The number of benzene rings is 1. The van der Waals surface area contributed by atoms with E-state index in [0.29, 0.717) is 31.9 Å². The predicted molar refractivity (Wildman–Crippen MR) is 110 cm³/mol. The van der Waals surface area contributed by atoms with Crippen LogP contribution in [0.1, 0.15) is 10.6 Å². The number of nitrogens with zero attached hydrogens (tertiary/aromatic N) is 3. The lowest BCUT2D eigenvalue weighted by atomic mass is 10.2. The molecule has 0 atom stereocenters. The molecule has 4 rings (SSSR count). The third kappa shape index (κ3) is 3.99. The molecule has 0 saturated heterocycles. The number of sulfonamides is 1. The summed E-state index contributed by atoms with van der Waals surface area (Å²) < 4.78 is 37.8. The van der Waals surface area contributed by atoms with Crippen molar-refractivity contribution in [2.75, 3.05) is 7.05 Å². The van der Waals surface area contributed by atoms with Crippen molar-refractivity contribution in [1.82, 2.24) is 14.4 Å². The topological polar surface area (TPSA) is 89.4 Å². The highest BCUT2D eigenvalue weighted by atomic mass is 35.5. The summed E-state index contributed by atoms with van der Waals surface area (Å²) >= 11 is 7.29. The van der Waals surface area contributed by atoms with Crippen molar-refractivity contribution in [3.63, 3.8) is 0 Å². The molecule has 0 aliphatic carbocycles. The van der Waals surface area contributed by atoms with Crippen LogP contribution in [0.25, 0.3) is 22.2 Å². The van der Waals surface area contributed by atoms with Crippen LogP contribution in [-0.2, 0) is 16.6 Å². The molecule has 0 bridgehead atoms. The van der Waals surface area contributed by atoms with Crippen molar-refractivity contribution < 1.29 is 17.4 Å². The van der Waals surface area contributed by atoms with E-state index in [0.717, 1.165) is 0 Å². The fraction of sp³-hybridized carbons (Fsp3) is 0.158. The van der Waals surface area contributed by atoms with Gasteiger partial charge in [-0.25, -0.2) is 8.42 Å². The minimum absolute atomic E-state index is 0.138. The number of furan rings is 1. The smallest absolute Gasteiger partial charge is 0.268 e. The summed E-state index contributed by atoms with van der Waals surface area (Å²) in [6, 6.07) is 12.1. The fourth-order valence-corrected chi connectivity index (χ4v) is 5.58. The molecule has 0 fully saturated rings. The average Bonchev–Trinajstić information content (AvgIpc) is 3.42. The third-order valence-corrected chi connectivity index (χ3v) is 7.57. The maximum absolute atomic E-state index is 13.0. The number of aryl methyl sites for hydroxylation is 1. The summed E-state index contributed by atoms with van der Waals surface area (Å²) in [4.78, 5) is 5.80. The quantitative estimate of drug-likeness (QED) is 0.418. The van der Waals surface area contributed by atoms with Gasteiger partial charge in [0.25, 0.3) is 5.89 Å². The lowest BCUT2D eigenvalue weighted by Crippen LogP contribution is -2.26. The zero-order valence-corrected chi connectivity index (χ0v) is 17.9. The molecule has 10 heteroatoms. The van der Waals surface area contributed by atoms with Gasteiger partial charge in [-0.1, -0.05) is 28.9 Å². The van der Waals surface area contributed by atoms with E-state index >= 15 is 0 Å². The van der Waals surface area contributed by atoms with Gasteiger partial charge in [-0.05, 0) is 37.3 Å². The number of hydrogen-bond acceptors (Lipinski definition) is 7. The fourth-order valence-electron chi connectivity index (χ4n) is 2.77. The van der Waals surface area contributed by atoms with Crippen molar-refractivity contribution >= 4 is 33.0 Å². The Balaban J connectivity index is 1.63. The molecule has 0 saturated carbocycles. The molecule has 0 unspecified atom stereocenters. The van der Waals surface area contributed by atoms with E-state index < -0.39 is 10.0 Å². The van der Waals surface area contributed by atoms with E-state index in [2.05, 4.69) is 10.1 Å². The Morgan fingerprint density at radius 3 is 2.76 bits per heavy atom. The van der Waals surface area contributed by atoms with E-state index in [1.807, 2.05) is 6.07 Å². The Labute approximate surface area is 176 Å². The van der Waals surface area contributed by atoms with Crippen molar-refractivity contribution in [3.05, 3.63) is 64.4 Å². The van der Waals surface area contributed by atoms with Crippen LogP contribution in [0.3, 0.4) is 0 Å². The Kier molecular flexibility index (Phi) is 5.30. The van der Waals surface area contributed by atoms with Gasteiger partial charge in [-0.15, -0.1) is 11.3 Å². The first-order chi connectivity index (χ1) is 13.8. The highest BCUT2D eigenvalue weighted by molar-refractivity contribution is 7.89. The first kappa shape index (κ1) is 19.8. The summed E-state index contributed by atoms with van der Waals surface area (Å²) in [6.45, 7) is 1.88. The highest BCUT2D eigenvalue weighted by Gasteiger charge is 2.27. The maximum atomic E-state index is 13.0. The molecular weight excluding hydrogens is 434 g/mol. The molecule has 1 aromatic carbocycles. The van der Waals surface area contributed by atoms with Crippen LogP contribution in [0.2, 0.25) is 5.02 Å². The standard InChI is InChI=1S/C19H16ClN3O4S2/c1-12-17(29(24,25)23(2)11-15-7-4-8-26-15)10-16(28-12)19-21-18(22-27-19)13-5-3-6-14(20)9-13/h3-10H,11H2,1-2H3. The average molecular weight is 450 g/mol. The molecule has 29 heavy (non-hydrogen) atoms. The third-order valence-electron chi connectivity index (χ3n) is 4.24. The lowest BCUT2D eigenvalue weighted by molar-refractivity contribution is 0.406. The van der Waals surface area contributed by atoms with E-state index in [9.17, 15) is 8.42 Å². The van der Waals surface area contributed by atoms with Crippen LogP contribution >= 0.6 is 22.9 Å². The summed E-state index contributed by atoms with van der Waals surface area (Å²) in [5, 5.41) is 4.54. The van der Waals surface area contributed by atoms with Gasteiger partial charge in [0.1, 0.15) is 5.76 Å². The van der Waals surface area contributed by atoms with Crippen molar-refractivity contribution in [2.45, 2.75) is 18.4 Å². The molecule has 3 heterocycles. The zero-order chi connectivity index (χ0) is 20.6. The molecule has 4 aromatic rings. The maximum Gasteiger partial charge on any atom is 0.268 e. The van der Waals surface area contributed by atoms with Crippen molar-refractivity contribution in [1.29, 1.82) is 0 Å². The van der Waals surface area contributed by atoms with Crippen molar-refractivity contribution in [2.24, 2.45) is 0 Å². The molecular formula is C19H16ClN3O4S2. The Bertz CT molecular complexity index is 1250. The lowest BCUT2D eigenvalue weighted by Gasteiger charge is -2.15. The first-order valence-corrected chi connectivity index (χ1v) is 11.2. The van der Waals surface area contributed by atoms with Gasteiger partial charge >= 0.3 is 0 Å². The number of rotatable bonds is 6. The number of hydrogen-bond donors (Lipinski definition) is 0. The summed E-state index contributed by atoms with van der Waals surface area (Å²) in [7, 11) is -2.19. The number of thiophene rings is 1. The molecule has 3 aromatic heterocycles. The molecule has 0 amide bonds. The van der Waals surface area contributed by atoms with E-state index in [-0.39, 0.29) is 17.3 Å². The van der Waals surface area contributed by atoms with Crippen LogP contribution in [0.4, 0.5) is 0 Å². The van der Waals surface area contributed by atoms with Gasteiger partial charge in [0.05, 0.1) is 22.6 Å². The predicted octanol–water partition coefficient (Wildman–Crippen LogP) is 4.84. The van der Waals surface area contributed by atoms with Gasteiger partial charge < -0.3 is 8.94 Å². The van der Waals surface area contributed by atoms with Gasteiger partial charge in [-0.3, -0.25) is 0 Å². The van der Waals surface area contributed by atoms with Gasteiger partial charge in [-0.2, -0.15) is 9.29 Å². The molecule has 0 aliphatic rings. The Morgan fingerprint density at radius 2 is 2.03 bits per heavy atom.